The van der Waals surface area contributed by atoms with Crippen molar-refractivity contribution in [3.63, 3.8) is 0 Å². The van der Waals surface area contributed by atoms with Gasteiger partial charge in [-0.3, -0.25) is 10.3 Å². The molecule has 2 nitrogen and oxygen atoms in total. The van der Waals surface area contributed by atoms with Gasteiger partial charge in [-0.15, -0.1) is 10.4 Å². The van der Waals surface area contributed by atoms with Gasteiger partial charge in [0.25, 0.3) is 0 Å². The average Bonchev–Trinajstić information content (AvgIpc) is 1.68. The Morgan fingerprint density at radius 2 is 2.14 bits per heavy atom. The summed E-state index contributed by atoms with van der Waals surface area (Å²) in [6.07, 6.45) is 0. The number of thiocarbonyl (C=S) groups is 1. The molecule has 0 aromatic rings. The molecule has 4 heteroatoms. The zero-order valence-corrected chi connectivity index (χ0v) is 5.89. The van der Waals surface area contributed by atoms with Crippen molar-refractivity contribution >= 4 is 27.3 Å². The maximum absolute atomic E-state index is 5.42. The van der Waals surface area contributed by atoms with Crippen LogP contribution in [0.25, 0.3) is 0 Å². The molecule has 0 spiro atoms. The van der Waals surface area contributed by atoms with Crippen LogP contribution in [0.1, 0.15) is 6.92 Å². The van der Waals surface area contributed by atoms with E-state index in [4.69, 9.17) is 10.3 Å². The van der Waals surface area contributed by atoms with Gasteiger partial charge in [0.15, 0.2) is 0 Å². The molecule has 0 saturated carbocycles. The second-order valence-corrected chi connectivity index (χ2v) is 4.46. The fraction of sp³-hybridized carbons (Fsp3) is 0.667. The molecular formula is C3H10N2S2. The molecule has 0 rings (SSSR count). The predicted octanol–water partition coefficient (Wildman–Crippen LogP) is 0.516. The van der Waals surface area contributed by atoms with Crippen LogP contribution in [-0.2, 0) is 0 Å². The molecule has 0 aliphatic carbocycles. The van der Waals surface area contributed by atoms with E-state index in [1.807, 2.05) is 6.92 Å². The van der Waals surface area contributed by atoms with Gasteiger partial charge in [-0.05, 0) is 0 Å². The summed E-state index contributed by atoms with van der Waals surface area (Å²) >= 11 is 4.55. The van der Waals surface area contributed by atoms with E-state index in [9.17, 15) is 0 Å². The van der Waals surface area contributed by atoms with Gasteiger partial charge in [0.2, 0.25) is 0 Å². The lowest BCUT2D eigenvalue weighted by atomic mass is 11.0. The van der Waals surface area contributed by atoms with Crippen LogP contribution in [0.2, 0.25) is 0 Å². The van der Waals surface area contributed by atoms with Crippen molar-refractivity contribution in [1.29, 1.82) is 0 Å². The molecule has 0 aliphatic rings. The first-order chi connectivity index (χ1) is 3.12. The van der Waals surface area contributed by atoms with Crippen molar-refractivity contribution in [3.05, 3.63) is 0 Å². The van der Waals surface area contributed by atoms with E-state index >= 15 is 0 Å². The van der Waals surface area contributed by atoms with Gasteiger partial charge in [0.05, 0.1) is 0 Å². The van der Waals surface area contributed by atoms with E-state index in [0.29, 0.717) is 0 Å². The Balaban J connectivity index is 3.58. The average molecular weight is 138 g/mol. The zero-order chi connectivity index (χ0) is 5.91. The first kappa shape index (κ1) is 7.36. The quantitative estimate of drug-likeness (QED) is 0.547. The van der Waals surface area contributed by atoms with Gasteiger partial charge in [-0.1, -0.05) is 19.1 Å². The van der Waals surface area contributed by atoms with E-state index in [2.05, 4.69) is 12.2 Å². The summed E-state index contributed by atoms with van der Waals surface area (Å²) in [4.78, 5) is 0. The maximum Gasteiger partial charge on any atom is 0.0418 e. The van der Waals surface area contributed by atoms with Crippen LogP contribution in [0, 0.1) is 0 Å². The molecule has 0 atom stereocenters. The molecule has 0 radical (unpaired) electrons. The van der Waals surface area contributed by atoms with Crippen LogP contribution < -0.4 is 10.3 Å². The molecule has 0 aromatic carbocycles. The summed E-state index contributed by atoms with van der Waals surface area (Å²) in [5.74, 6) is 0.774. The Kier molecular flexibility index (Phi) is 2.75. The van der Waals surface area contributed by atoms with E-state index in [1.54, 1.807) is 0 Å². The van der Waals surface area contributed by atoms with Crippen LogP contribution in [0.15, 0.2) is 0 Å². The summed E-state index contributed by atoms with van der Waals surface area (Å²) < 4.78 is 1.47. The second-order valence-electron chi connectivity index (χ2n) is 1.29. The minimum Gasteiger partial charge on any atom is -0.280 e. The minimum atomic E-state index is -1.47. The molecule has 0 aromatic heterocycles. The highest BCUT2D eigenvalue weighted by Crippen LogP contribution is 2.23. The van der Waals surface area contributed by atoms with Gasteiger partial charge >= 0.3 is 0 Å². The van der Waals surface area contributed by atoms with Gasteiger partial charge in [-0.25, -0.2) is 0 Å². The third kappa shape index (κ3) is 2.99. The first-order valence-corrected chi connectivity index (χ1v) is 4.40. The van der Waals surface area contributed by atoms with Crippen molar-refractivity contribution in [1.82, 2.24) is 0 Å². The Hall–Kier alpha value is 0.360. The molecule has 4 N–H and O–H groups in total. The largest absolute Gasteiger partial charge is 0.280 e. The molecule has 0 aliphatic heterocycles. The molecule has 0 heterocycles. The molecular weight excluding hydrogens is 128 g/mol. The van der Waals surface area contributed by atoms with Crippen molar-refractivity contribution < 1.29 is 0 Å². The third-order valence-corrected chi connectivity index (χ3v) is 3.11. The number of nitrogens with two attached hydrogens (primary N) is 2. The molecule has 0 bridgehead atoms. The van der Waals surface area contributed by atoms with Crippen LogP contribution in [0.4, 0.5) is 0 Å². The lowest BCUT2D eigenvalue weighted by molar-refractivity contribution is 1.48. The zero-order valence-electron chi connectivity index (χ0n) is 4.26. The third-order valence-electron chi connectivity index (χ3n) is 0.679. The molecule has 44 valence electrons. The lowest BCUT2D eigenvalue weighted by Gasteiger charge is -2.21. The highest BCUT2D eigenvalue weighted by molar-refractivity contribution is 8.45. The predicted molar refractivity (Wildman–Crippen MR) is 40.2 cm³/mol. The second kappa shape index (κ2) is 2.61. The Bertz CT molecular complexity index is 71.3. The van der Waals surface area contributed by atoms with Crippen LogP contribution >= 0.6 is 22.6 Å². The maximum atomic E-state index is 5.42. The highest BCUT2D eigenvalue weighted by atomic mass is 32.3. The van der Waals surface area contributed by atoms with Crippen molar-refractivity contribution in [2.24, 2.45) is 10.3 Å². The summed E-state index contributed by atoms with van der Waals surface area (Å²) in [7, 11) is -1.47. The van der Waals surface area contributed by atoms with Crippen molar-refractivity contribution in [3.8, 4) is 0 Å². The van der Waals surface area contributed by atoms with Gasteiger partial charge < -0.3 is 0 Å². The van der Waals surface area contributed by atoms with Crippen molar-refractivity contribution in [2.45, 2.75) is 6.92 Å². The molecule has 0 unspecified atom stereocenters. The molecule has 0 amide bonds. The Morgan fingerprint density at radius 3 is 2.14 bits per heavy atom. The molecule has 0 saturated heterocycles. The van der Waals surface area contributed by atoms with Crippen LogP contribution in [0.3, 0.4) is 0 Å². The normalized spacial score (nSPS) is 13.6. The van der Waals surface area contributed by atoms with Gasteiger partial charge in [0.1, 0.15) is 0 Å². The fourth-order valence-corrected chi connectivity index (χ4v) is 0.612. The first-order valence-electron chi connectivity index (χ1n) is 1.94. The van der Waals surface area contributed by atoms with Gasteiger partial charge in [0, 0.05) is 10.5 Å². The van der Waals surface area contributed by atoms with E-state index in [-0.39, 0.29) is 0 Å². The fourth-order valence-electron chi connectivity index (χ4n) is 0.0680. The Labute approximate surface area is 50.8 Å². The van der Waals surface area contributed by atoms with E-state index in [0.717, 1.165) is 5.75 Å². The summed E-state index contributed by atoms with van der Waals surface area (Å²) in [6.45, 7) is 1.93. The van der Waals surface area contributed by atoms with Gasteiger partial charge in [-0.2, -0.15) is 0 Å². The molecule has 0 fully saturated rings. The number of hydrogen-bond acceptors (Lipinski definition) is 3. The topological polar surface area (TPSA) is 52.0 Å². The summed E-state index contributed by atoms with van der Waals surface area (Å²) in [5, 5.41) is 10.8. The Morgan fingerprint density at radius 1 is 1.71 bits per heavy atom. The van der Waals surface area contributed by atoms with Crippen LogP contribution in [-0.4, -0.2) is 10.5 Å². The van der Waals surface area contributed by atoms with Crippen molar-refractivity contribution in [2.75, 3.05) is 5.75 Å². The monoisotopic (exact) mass is 138 g/mol. The summed E-state index contributed by atoms with van der Waals surface area (Å²) in [6, 6.07) is 0. The lowest BCUT2D eigenvalue weighted by Crippen LogP contribution is -2.22. The summed E-state index contributed by atoms with van der Waals surface area (Å²) in [5.41, 5.74) is 0. The number of hydrogen-bond donors (Lipinski definition) is 2. The minimum absolute atomic E-state index is 0.774. The highest BCUT2D eigenvalue weighted by Gasteiger charge is 2.01. The standard InChI is InChI=1S/C3H10N2S2/c1-2-7(4,5)3-6/h3H,2,4-5H2,1H3. The SMILES string of the molecule is CCS(N)(N)C=S. The van der Waals surface area contributed by atoms with E-state index < -0.39 is 10.4 Å². The molecule has 7 heavy (non-hydrogen) atoms. The smallest absolute Gasteiger partial charge is 0.0418 e. The number of rotatable bonds is 2. The van der Waals surface area contributed by atoms with Crippen LogP contribution in [0.5, 0.6) is 0 Å². The van der Waals surface area contributed by atoms with E-state index in [1.165, 1.54) is 4.70 Å².